The fourth-order valence-electron chi connectivity index (χ4n) is 3.77. The first-order chi connectivity index (χ1) is 9.28. The maximum absolute atomic E-state index is 13.1. The summed E-state index contributed by atoms with van der Waals surface area (Å²) >= 11 is 0. The molecule has 2 rings (SSSR count). The summed E-state index contributed by atoms with van der Waals surface area (Å²) in [5.41, 5.74) is 2.35. The Morgan fingerprint density at radius 1 is 1.50 bits per heavy atom. The summed E-state index contributed by atoms with van der Waals surface area (Å²) in [5, 5.41) is 0. The number of rotatable bonds is 5. The number of halogens is 1. The first kappa shape index (κ1) is 15.2. The van der Waals surface area contributed by atoms with Crippen molar-refractivity contribution in [1.82, 2.24) is 0 Å². The molecule has 110 valence electrons. The third-order valence-electron chi connectivity index (χ3n) is 5.29. The van der Waals surface area contributed by atoms with Gasteiger partial charge in [0, 0.05) is 6.42 Å². The molecule has 1 saturated carbocycles. The van der Waals surface area contributed by atoms with Gasteiger partial charge in [0.2, 0.25) is 0 Å². The van der Waals surface area contributed by atoms with E-state index in [2.05, 4.69) is 27.4 Å². The van der Waals surface area contributed by atoms with Crippen LogP contribution in [-0.2, 0) is 4.79 Å². The van der Waals surface area contributed by atoms with Crippen molar-refractivity contribution >= 4 is 5.78 Å². The molecule has 0 saturated heterocycles. The highest BCUT2D eigenvalue weighted by atomic mass is 19.1. The lowest BCUT2D eigenvalue weighted by molar-refractivity contribution is -0.115. The molecule has 0 amide bonds. The largest absolute Gasteiger partial charge is 0.295 e. The molecule has 0 aromatic carbocycles. The van der Waals surface area contributed by atoms with E-state index in [9.17, 15) is 9.18 Å². The molecule has 0 radical (unpaired) electrons. The molecular formula is C18H25FO. The molecule has 0 aromatic rings. The average Bonchev–Trinajstić information content (AvgIpc) is 2.71. The highest BCUT2D eigenvalue weighted by Gasteiger charge is 2.56. The summed E-state index contributed by atoms with van der Waals surface area (Å²) in [7, 11) is 0. The monoisotopic (exact) mass is 276 g/mol. The van der Waals surface area contributed by atoms with Crippen molar-refractivity contribution in [2.45, 2.75) is 47.0 Å². The third-order valence-corrected chi connectivity index (χ3v) is 5.29. The van der Waals surface area contributed by atoms with Gasteiger partial charge in [-0.3, -0.25) is 4.79 Å². The van der Waals surface area contributed by atoms with Crippen LogP contribution in [0.4, 0.5) is 4.39 Å². The fourth-order valence-corrected chi connectivity index (χ4v) is 3.77. The maximum atomic E-state index is 13.1. The van der Waals surface area contributed by atoms with Gasteiger partial charge in [0.15, 0.2) is 5.78 Å². The second kappa shape index (κ2) is 5.31. The quantitative estimate of drug-likeness (QED) is 0.645. The Morgan fingerprint density at radius 3 is 2.70 bits per heavy atom. The first-order valence-electron chi connectivity index (χ1n) is 7.46. The molecule has 2 aliphatic rings. The summed E-state index contributed by atoms with van der Waals surface area (Å²) in [6, 6.07) is 0. The van der Waals surface area contributed by atoms with Crippen molar-refractivity contribution in [2.75, 3.05) is 0 Å². The Kier molecular flexibility index (Phi) is 4.04. The topological polar surface area (TPSA) is 17.1 Å². The van der Waals surface area contributed by atoms with Gasteiger partial charge in [0.1, 0.15) is 0 Å². The highest BCUT2D eigenvalue weighted by molar-refractivity contribution is 5.99. The van der Waals surface area contributed by atoms with E-state index in [0.717, 1.165) is 12.0 Å². The van der Waals surface area contributed by atoms with Crippen molar-refractivity contribution in [2.24, 2.45) is 23.2 Å². The van der Waals surface area contributed by atoms with Crippen molar-refractivity contribution in [1.29, 1.82) is 0 Å². The van der Waals surface area contributed by atoms with E-state index in [1.807, 2.05) is 0 Å². The normalized spacial score (nSPS) is 32.8. The van der Waals surface area contributed by atoms with E-state index >= 15 is 0 Å². The standard InChI is InChI=1S/C18H25FO/c1-6-7-14-12(3)13(10-17(14)20)9-16-15(8-11(2)19)18(16,4)5/h6,8,13,15-16H,1,7,9-10H2,2-5H3/b11-8-. The molecule has 3 unspecified atom stereocenters. The fraction of sp³-hybridized carbons (Fsp3) is 0.611. The van der Waals surface area contributed by atoms with Gasteiger partial charge in [-0.25, -0.2) is 4.39 Å². The lowest BCUT2D eigenvalue weighted by Crippen LogP contribution is -2.03. The Hall–Kier alpha value is -1.18. The van der Waals surface area contributed by atoms with Crippen LogP contribution in [0.3, 0.4) is 0 Å². The second-order valence-corrected chi connectivity index (χ2v) is 6.92. The molecule has 0 aromatic heterocycles. The van der Waals surface area contributed by atoms with Crippen molar-refractivity contribution < 1.29 is 9.18 Å². The number of allylic oxidation sites excluding steroid dienone is 5. The Balaban J connectivity index is 2.08. The molecule has 1 nitrogen and oxygen atoms in total. The zero-order valence-electron chi connectivity index (χ0n) is 13.0. The number of carbonyl (C=O) groups is 1. The third kappa shape index (κ3) is 2.65. The molecule has 3 atom stereocenters. The van der Waals surface area contributed by atoms with Gasteiger partial charge in [-0.1, -0.05) is 25.5 Å². The molecule has 2 heteroatoms. The summed E-state index contributed by atoms with van der Waals surface area (Å²) < 4.78 is 13.1. The summed E-state index contributed by atoms with van der Waals surface area (Å²) in [6.07, 6.45) is 5.87. The SMILES string of the molecule is C=CCC1=C(C)C(CC2C(/C=C(/C)F)C2(C)C)CC1=O. The van der Waals surface area contributed by atoms with Crippen LogP contribution >= 0.6 is 0 Å². The number of Topliss-reactive ketones (excluding diaryl/α,β-unsaturated/α-hetero) is 1. The van der Waals surface area contributed by atoms with Crippen LogP contribution in [-0.4, -0.2) is 5.78 Å². The van der Waals surface area contributed by atoms with Crippen LogP contribution < -0.4 is 0 Å². The molecule has 2 aliphatic carbocycles. The predicted molar refractivity (Wildman–Crippen MR) is 80.9 cm³/mol. The number of hydrogen-bond acceptors (Lipinski definition) is 1. The molecule has 0 aliphatic heterocycles. The lowest BCUT2D eigenvalue weighted by atomic mass is 9.92. The molecule has 0 N–H and O–H groups in total. The summed E-state index contributed by atoms with van der Waals surface area (Å²) in [4.78, 5) is 12.0. The van der Waals surface area contributed by atoms with Gasteiger partial charge in [0.05, 0.1) is 5.83 Å². The predicted octanol–water partition coefficient (Wildman–Crippen LogP) is 5.00. The molecule has 0 bridgehead atoms. The van der Waals surface area contributed by atoms with Crippen LogP contribution in [0.15, 0.2) is 35.7 Å². The van der Waals surface area contributed by atoms with E-state index in [4.69, 9.17) is 0 Å². The van der Waals surface area contributed by atoms with Gasteiger partial charge in [-0.2, -0.15) is 0 Å². The minimum atomic E-state index is -0.0901. The van der Waals surface area contributed by atoms with Gasteiger partial charge < -0.3 is 0 Å². The summed E-state index contributed by atoms with van der Waals surface area (Å²) in [6.45, 7) is 11.7. The minimum absolute atomic E-state index is 0.0901. The Morgan fingerprint density at radius 2 is 2.15 bits per heavy atom. The van der Waals surface area contributed by atoms with E-state index in [1.165, 1.54) is 12.5 Å². The molecule has 0 heterocycles. The second-order valence-electron chi connectivity index (χ2n) is 6.92. The van der Waals surface area contributed by atoms with Crippen LogP contribution in [0.1, 0.15) is 47.0 Å². The Bertz CT molecular complexity index is 492. The van der Waals surface area contributed by atoms with Crippen molar-refractivity contribution in [3.8, 4) is 0 Å². The van der Waals surface area contributed by atoms with Crippen LogP contribution in [0.5, 0.6) is 0 Å². The first-order valence-corrected chi connectivity index (χ1v) is 7.46. The molecule has 20 heavy (non-hydrogen) atoms. The lowest BCUT2D eigenvalue weighted by Gasteiger charge is -2.12. The van der Waals surface area contributed by atoms with Gasteiger partial charge in [0.25, 0.3) is 0 Å². The molecule has 1 fully saturated rings. The van der Waals surface area contributed by atoms with Gasteiger partial charge in [-0.05, 0) is 61.5 Å². The van der Waals surface area contributed by atoms with Gasteiger partial charge >= 0.3 is 0 Å². The average molecular weight is 276 g/mol. The maximum Gasteiger partial charge on any atom is 0.159 e. The number of hydrogen-bond donors (Lipinski definition) is 0. The number of carbonyl (C=O) groups excluding carboxylic acids is 1. The Labute approximate surface area is 121 Å². The zero-order valence-corrected chi connectivity index (χ0v) is 13.0. The van der Waals surface area contributed by atoms with E-state index in [1.54, 1.807) is 12.2 Å². The molecule has 0 spiro atoms. The van der Waals surface area contributed by atoms with E-state index in [-0.39, 0.29) is 17.0 Å². The molecular weight excluding hydrogens is 251 g/mol. The van der Waals surface area contributed by atoms with Crippen LogP contribution in [0, 0.1) is 23.2 Å². The smallest absolute Gasteiger partial charge is 0.159 e. The van der Waals surface area contributed by atoms with Crippen LogP contribution in [0.2, 0.25) is 0 Å². The van der Waals surface area contributed by atoms with Crippen molar-refractivity contribution in [3.05, 3.63) is 35.7 Å². The van der Waals surface area contributed by atoms with E-state index < -0.39 is 0 Å². The highest BCUT2D eigenvalue weighted by Crippen LogP contribution is 2.63. The van der Waals surface area contributed by atoms with E-state index in [0.29, 0.717) is 30.6 Å². The van der Waals surface area contributed by atoms with Crippen molar-refractivity contribution in [3.63, 3.8) is 0 Å². The number of ketones is 1. The van der Waals surface area contributed by atoms with Crippen LogP contribution in [0.25, 0.3) is 0 Å². The summed E-state index contributed by atoms with van der Waals surface area (Å²) in [5.74, 6) is 1.34. The zero-order chi connectivity index (χ0) is 15.1. The minimum Gasteiger partial charge on any atom is -0.295 e. The van der Waals surface area contributed by atoms with Gasteiger partial charge in [-0.15, -0.1) is 6.58 Å².